The Morgan fingerprint density at radius 3 is 2.89 bits per heavy atom. The number of halogens is 1. The summed E-state index contributed by atoms with van der Waals surface area (Å²) in [5, 5.41) is 0. The molecule has 1 aromatic carbocycles. The molecule has 1 aromatic heterocycles. The maximum atomic E-state index is 13.0. The van der Waals surface area contributed by atoms with E-state index in [0.717, 1.165) is 17.1 Å². The number of nitrogen functional groups attached to an aromatic ring is 1. The molecule has 0 spiro atoms. The second kappa shape index (κ2) is 6.43. The van der Waals surface area contributed by atoms with Crippen LogP contribution in [0.25, 0.3) is 0 Å². The highest BCUT2D eigenvalue weighted by molar-refractivity contribution is 7.99. The van der Waals surface area contributed by atoms with E-state index in [0.29, 0.717) is 12.2 Å². The average Bonchev–Trinajstić information content (AvgIpc) is 2.39. The highest BCUT2D eigenvalue weighted by atomic mass is 32.2. The van der Waals surface area contributed by atoms with E-state index >= 15 is 0 Å². The summed E-state index contributed by atoms with van der Waals surface area (Å²) in [5.41, 5.74) is 6.16. The maximum Gasteiger partial charge on any atom is 0.250 e. The number of aryl methyl sites for hydroxylation is 1. The summed E-state index contributed by atoms with van der Waals surface area (Å²) in [4.78, 5) is 12.4. The van der Waals surface area contributed by atoms with Crippen LogP contribution in [0, 0.1) is 5.82 Å². The molecule has 2 rings (SSSR count). The molecule has 0 amide bonds. The Labute approximate surface area is 115 Å². The Kier molecular flexibility index (Phi) is 4.63. The van der Waals surface area contributed by atoms with Crippen molar-refractivity contribution < 1.29 is 4.39 Å². The minimum Gasteiger partial charge on any atom is -0.398 e. The van der Waals surface area contributed by atoms with Crippen LogP contribution in [-0.2, 0) is 6.54 Å². The number of hydrogen-bond acceptors (Lipinski definition) is 3. The zero-order valence-electron chi connectivity index (χ0n) is 10.4. The maximum absolute atomic E-state index is 13.0. The highest BCUT2D eigenvalue weighted by Gasteiger charge is 1.99. The molecule has 0 saturated heterocycles. The van der Waals surface area contributed by atoms with Crippen molar-refractivity contribution in [2.24, 2.45) is 0 Å². The predicted molar refractivity (Wildman–Crippen MR) is 76.9 cm³/mol. The third kappa shape index (κ3) is 4.13. The van der Waals surface area contributed by atoms with Gasteiger partial charge in [0.05, 0.1) is 0 Å². The third-order valence-electron chi connectivity index (χ3n) is 2.61. The number of rotatable bonds is 5. The summed E-state index contributed by atoms with van der Waals surface area (Å²) in [6.45, 7) is 0.617. The standard InChI is InChI=1S/C14H15FN2OS/c15-11-3-1-4-13(9-11)19-8-2-7-17-10-12(16)5-6-14(17)18/h1,3-6,9-10H,2,7-8,16H2. The lowest BCUT2D eigenvalue weighted by Gasteiger charge is -2.06. The summed E-state index contributed by atoms with van der Waals surface area (Å²) >= 11 is 1.58. The first-order valence-electron chi connectivity index (χ1n) is 5.99. The van der Waals surface area contributed by atoms with Crippen LogP contribution in [0.2, 0.25) is 0 Å². The monoisotopic (exact) mass is 278 g/mol. The van der Waals surface area contributed by atoms with Gasteiger partial charge in [-0.05, 0) is 36.4 Å². The van der Waals surface area contributed by atoms with Crippen molar-refractivity contribution >= 4 is 17.4 Å². The Bertz CT molecular complexity index is 612. The van der Waals surface area contributed by atoms with E-state index in [1.807, 2.05) is 6.07 Å². The summed E-state index contributed by atoms with van der Waals surface area (Å²) in [5.74, 6) is 0.599. The van der Waals surface area contributed by atoms with Gasteiger partial charge in [-0.15, -0.1) is 11.8 Å². The van der Waals surface area contributed by atoms with Gasteiger partial charge in [0.1, 0.15) is 5.82 Å². The molecule has 0 radical (unpaired) electrons. The van der Waals surface area contributed by atoms with Gasteiger partial charge in [0.15, 0.2) is 0 Å². The van der Waals surface area contributed by atoms with E-state index in [-0.39, 0.29) is 11.4 Å². The summed E-state index contributed by atoms with van der Waals surface area (Å²) < 4.78 is 14.6. The summed E-state index contributed by atoms with van der Waals surface area (Å²) in [6.07, 6.45) is 2.47. The fourth-order valence-corrected chi connectivity index (χ4v) is 2.59. The van der Waals surface area contributed by atoms with Gasteiger partial charge in [0.25, 0.3) is 5.56 Å². The normalized spacial score (nSPS) is 10.6. The summed E-state index contributed by atoms with van der Waals surface area (Å²) in [6, 6.07) is 9.57. The zero-order chi connectivity index (χ0) is 13.7. The second-order valence-corrected chi connectivity index (χ2v) is 5.32. The molecule has 2 aromatic rings. The fourth-order valence-electron chi connectivity index (χ4n) is 1.71. The smallest absolute Gasteiger partial charge is 0.250 e. The number of benzene rings is 1. The molecule has 3 nitrogen and oxygen atoms in total. The van der Waals surface area contributed by atoms with E-state index in [1.54, 1.807) is 34.7 Å². The Morgan fingerprint density at radius 1 is 1.26 bits per heavy atom. The Balaban J connectivity index is 1.84. The summed E-state index contributed by atoms with van der Waals surface area (Å²) in [7, 11) is 0. The lowest BCUT2D eigenvalue weighted by molar-refractivity contribution is 0.624. The van der Waals surface area contributed by atoms with Crippen LogP contribution < -0.4 is 11.3 Å². The first-order chi connectivity index (χ1) is 9.15. The van der Waals surface area contributed by atoms with Crippen molar-refractivity contribution in [3.05, 3.63) is 58.8 Å². The second-order valence-electron chi connectivity index (χ2n) is 4.15. The lowest BCUT2D eigenvalue weighted by Crippen LogP contribution is -2.19. The van der Waals surface area contributed by atoms with Crippen molar-refractivity contribution in [2.45, 2.75) is 17.9 Å². The lowest BCUT2D eigenvalue weighted by atomic mass is 10.3. The molecule has 0 saturated carbocycles. The van der Waals surface area contributed by atoms with E-state index in [2.05, 4.69) is 0 Å². The van der Waals surface area contributed by atoms with Gasteiger partial charge in [-0.2, -0.15) is 0 Å². The Morgan fingerprint density at radius 2 is 2.11 bits per heavy atom. The fraction of sp³-hybridized carbons (Fsp3) is 0.214. The molecular formula is C14H15FN2OS. The molecule has 0 aliphatic heterocycles. The van der Waals surface area contributed by atoms with Crippen molar-refractivity contribution in [1.82, 2.24) is 4.57 Å². The third-order valence-corrected chi connectivity index (χ3v) is 3.69. The van der Waals surface area contributed by atoms with Crippen molar-refractivity contribution in [3.8, 4) is 0 Å². The van der Waals surface area contributed by atoms with Gasteiger partial charge in [0, 0.05) is 29.4 Å². The van der Waals surface area contributed by atoms with Gasteiger partial charge < -0.3 is 10.3 Å². The van der Waals surface area contributed by atoms with Gasteiger partial charge >= 0.3 is 0 Å². The molecule has 0 bridgehead atoms. The van der Waals surface area contributed by atoms with Crippen molar-refractivity contribution in [1.29, 1.82) is 0 Å². The van der Waals surface area contributed by atoms with E-state index < -0.39 is 0 Å². The quantitative estimate of drug-likeness (QED) is 0.676. The number of hydrogen-bond donors (Lipinski definition) is 1. The SMILES string of the molecule is Nc1ccc(=O)n(CCCSc2cccc(F)c2)c1. The van der Waals surface area contributed by atoms with Crippen LogP contribution in [0.4, 0.5) is 10.1 Å². The van der Waals surface area contributed by atoms with Crippen molar-refractivity contribution in [3.63, 3.8) is 0 Å². The molecule has 2 N–H and O–H groups in total. The molecule has 0 unspecified atom stereocenters. The molecule has 0 atom stereocenters. The van der Waals surface area contributed by atoms with Gasteiger partial charge in [-0.25, -0.2) is 4.39 Å². The number of aromatic nitrogens is 1. The zero-order valence-corrected chi connectivity index (χ0v) is 11.2. The highest BCUT2D eigenvalue weighted by Crippen LogP contribution is 2.19. The molecule has 0 aliphatic rings. The average molecular weight is 278 g/mol. The number of pyridine rings is 1. The first kappa shape index (κ1) is 13.7. The van der Waals surface area contributed by atoms with Gasteiger partial charge in [-0.1, -0.05) is 6.07 Å². The predicted octanol–water partition coefficient (Wildman–Crippen LogP) is 2.75. The Hall–Kier alpha value is -1.75. The topological polar surface area (TPSA) is 48.0 Å². The van der Waals surface area contributed by atoms with E-state index in [9.17, 15) is 9.18 Å². The minimum atomic E-state index is -0.225. The molecule has 0 fully saturated rings. The van der Waals surface area contributed by atoms with Crippen molar-refractivity contribution in [2.75, 3.05) is 11.5 Å². The minimum absolute atomic E-state index is 0.0510. The largest absolute Gasteiger partial charge is 0.398 e. The van der Waals surface area contributed by atoms with E-state index in [1.165, 1.54) is 18.2 Å². The van der Waals surface area contributed by atoms with Gasteiger partial charge in [-0.3, -0.25) is 4.79 Å². The van der Waals surface area contributed by atoms with Crippen LogP contribution in [0.5, 0.6) is 0 Å². The van der Waals surface area contributed by atoms with Crippen LogP contribution in [0.15, 0.2) is 52.3 Å². The van der Waals surface area contributed by atoms with Crippen LogP contribution >= 0.6 is 11.8 Å². The number of nitrogens with two attached hydrogens (primary N) is 1. The molecule has 5 heteroatoms. The van der Waals surface area contributed by atoms with Crippen LogP contribution in [-0.4, -0.2) is 10.3 Å². The molecule has 1 heterocycles. The number of anilines is 1. The molecule has 0 aliphatic carbocycles. The number of thioether (sulfide) groups is 1. The van der Waals surface area contributed by atoms with Crippen LogP contribution in [0.3, 0.4) is 0 Å². The molecular weight excluding hydrogens is 263 g/mol. The van der Waals surface area contributed by atoms with Gasteiger partial charge in [0.2, 0.25) is 0 Å². The van der Waals surface area contributed by atoms with Crippen LogP contribution in [0.1, 0.15) is 6.42 Å². The number of nitrogens with zero attached hydrogens (tertiary/aromatic N) is 1. The first-order valence-corrected chi connectivity index (χ1v) is 6.98. The van der Waals surface area contributed by atoms with E-state index in [4.69, 9.17) is 5.73 Å². The molecule has 100 valence electrons. The molecule has 19 heavy (non-hydrogen) atoms.